The number of likely N-dealkylation sites (N-methyl/N-ethyl adjacent to an activating group) is 1. The van der Waals surface area contributed by atoms with Gasteiger partial charge >= 0.3 is 0 Å². The number of anilines is 1. The van der Waals surface area contributed by atoms with E-state index in [1.165, 1.54) is 17.0 Å². The minimum Gasteiger partial charge on any atom is -0.355 e. The number of nitrogens with one attached hydrogen (secondary N) is 1. The molecule has 0 unspecified atom stereocenters. The Labute approximate surface area is 227 Å². The minimum absolute atomic E-state index is 0.0729. The van der Waals surface area contributed by atoms with Crippen LogP contribution < -0.4 is 9.62 Å². The fourth-order valence-corrected chi connectivity index (χ4v) is 5.91. The van der Waals surface area contributed by atoms with Crippen molar-refractivity contribution in [2.45, 2.75) is 44.7 Å². The normalized spacial score (nSPS) is 12.0. The summed E-state index contributed by atoms with van der Waals surface area (Å²) in [5.74, 6) is -0.745. The van der Waals surface area contributed by atoms with E-state index in [9.17, 15) is 18.0 Å². The highest BCUT2D eigenvalue weighted by Crippen LogP contribution is 2.27. The van der Waals surface area contributed by atoms with Gasteiger partial charge in [-0.3, -0.25) is 13.9 Å². The third kappa shape index (κ3) is 7.20. The molecule has 9 heteroatoms. The smallest absolute Gasteiger partial charge is 0.264 e. The van der Waals surface area contributed by atoms with Crippen molar-refractivity contribution in [2.24, 2.45) is 0 Å². The zero-order valence-corrected chi connectivity index (χ0v) is 23.6. The van der Waals surface area contributed by atoms with E-state index in [2.05, 4.69) is 21.2 Å². The van der Waals surface area contributed by atoms with Gasteiger partial charge in [0, 0.05) is 17.6 Å². The largest absolute Gasteiger partial charge is 0.355 e. The summed E-state index contributed by atoms with van der Waals surface area (Å²) >= 11 is 3.40. The van der Waals surface area contributed by atoms with E-state index in [0.717, 1.165) is 15.4 Å². The number of hydrogen-bond acceptors (Lipinski definition) is 4. The second kappa shape index (κ2) is 12.9. The Hall–Kier alpha value is -3.17. The summed E-state index contributed by atoms with van der Waals surface area (Å²) < 4.78 is 29.3. The molecule has 3 aromatic carbocycles. The number of rotatable bonds is 11. The zero-order chi connectivity index (χ0) is 27.0. The third-order valence-corrected chi connectivity index (χ3v) is 8.16. The number of halogens is 1. The molecule has 3 rings (SSSR count). The molecule has 0 heterocycles. The number of aryl methyl sites for hydroxylation is 1. The molecule has 0 fully saturated rings. The Morgan fingerprint density at radius 1 is 0.946 bits per heavy atom. The molecular weight excluding hydrogens is 554 g/mol. The van der Waals surface area contributed by atoms with Crippen molar-refractivity contribution in [3.05, 3.63) is 94.5 Å². The SMILES string of the molecule is CCNC(=O)[C@@H](CC)N(Cc1cccc(C)c1)C(=O)CN(c1cccc(Br)c1)S(=O)(=O)c1ccccc1. The van der Waals surface area contributed by atoms with Gasteiger partial charge in [-0.15, -0.1) is 0 Å². The predicted octanol–water partition coefficient (Wildman–Crippen LogP) is 4.90. The molecule has 0 aliphatic heterocycles. The average molecular weight is 587 g/mol. The average Bonchev–Trinajstić information content (AvgIpc) is 2.87. The second-order valence-corrected chi connectivity index (χ2v) is 11.4. The lowest BCUT2D eigenvalue weighted by molar-refractivity contribution is -0.140. The fraction of sp³-hybridized carbons (Fsp3) is 0.286. The maximum Gasteiger partial charge on any atom is 0.264 e. The van der Waals surface area contributed by atoms with Crippen LogP contribution in [0.5, 0.6) is 0 Å². The van der Waals surface area contributed by atoms with Gasteiger partial charge in [-0.25, -0.2) is 8.42 Å². The minimum atomic E-state index is -4.08. The molecule has 0 aromatic heterocycles. The Bertz CT molecular complexity index is 1330. The Kier molecular flexibility index (Phi) is 9.88. The molecule has 196 valence electrons. The van der Waals surface area contributed by atoms with Gasteiger partial charge in [-0.2, -0.15) is 0 Å². The molecule has 0 aliphatic rings. The first-order valence-electron chi connectivity index (χ1n) is 12.1. The molecule has 3 aromatic rings. The van der Waals surface area contributed by atoms with E-state index >= 15 is 0 Å². The Morgan fingerprint density at radius 2 is 1.65 bits per heavy atom. The van der Waals surface area contributed by atoms with Crippen LogP contribution in [-0.2, 0) is 26.2 Å². The number of benzene rings is 3. The van der Waals surface area contributed by atoms with Crippen LogP contribution >= 0.6 is 15.9 Å². The number of sulfonamides is 1. The standard InChI is InChI=1S/C28H32BrN3O4S/c1-4-26(28(34)30-5-2)31(19-22-12-9-11-21(3)17-22)27(33)20-32(24-14-10-13-23(29)18-24)37(35,36)25-15-7-6-8-16-25/h6-18,26H,4-5,19-20H2,1-3H3,(H,30,34)/t26-/m1/s1. The van der Waals surface area contributed by atoms with E-state index in [1.54, 1.807) is 42.5 Å². The van der Waals surface area contributed by atoms with Crippen LogP contribution in [0.2, 0.25) is 0 Å². The molecule has 0 spiro atoms. The summed E-state index contributed by atoms with van der Waals surface area (Å²) in [5, 5.41) is 2.81. The van der Waals surface area contributed by atoms with Crippen molar-refractivity contribution in [1.82, 2.24) is 10.2 Å². The number of nitrogens with zero attached hydrogens (tertiary/aromatic N) is 2. The van der Waals surface area contributed by atoms with Crippen molar-refractivity contribution in [1.29, 1.82) is 0 Å². The van der Waals surface area contributed by atoms with E-state index in [0.29, 0.717) is 23.1 Å². The van der Waals surface area contributed by atoms with E-state index in [1.807, 2.05) is 45.0 Å². The molecule has 7 nitrogen and oxygen atoms in total. The van der Waals surface area contributed by atoms with Gasteiger partial charge in [0.05, 0.1) is 10.6 Å². The van der Waals surface area contributed by atoms with Crippen LogP contribution in [0, 0.1) is 6.92 Å². The maximum atomic E-state index is 13.9. The van der Waals surface area contributed by atoms with Crippen molar-refractivity contribution in [3.63, 3.8) is 0 Å². The molecule has 37 heavy (non-hydrogen) atoms. The zero-order valence-electron chi connectivity index (χ0n) is 21.2. The fourth-order valence-electron chi connectivity index (χ4n) is 4.10. The van der Waals surface area contributed by atoms with Gasteiger partial charge in [-0.1, -0.05) is 76.9 Å². The molecule has 1 N–H and O–H groups in total. The monoisotopic (exact) mass is 585 g/mol. The molecule has 2 amide bonds. The highest BCUT2D eigenvalue weighted by atomic mass is 79.9. The van der Waals surface area contributed by atoms with Crippen molar-refractivity contribution < 1.29 is 18.0 Å². The van der Waals surface area contributed by atoms with E-state index in [4.69, 9.17) is 0 Å². The summed E-state index contributed by atoms with van der Waals surface area (Å²) in [6.07, 6.45) is 0.381. The van der Waals surface area contributed by atoms with Crippen LogP contribution in [0.3, 0.4) is 0 Å². The van der Waals surface area contributed by atoms with Crippen molar-refractivity contribution in [2.75, 3.05) is 17.4 Å². The highest BCUT2D eigenvalue weighted by Gasteiger charge is 2.33. The molecule has 0 saturated heterocycles. The first-order valence-corrected chi connectivity index (χ1v) is 14.4. The van der Waals surface area contributed by atoms with Crippen molar-refractivity contribution in [3.8, 4) is 0 Å². The lowest BCUT2D eigenvalue weighted by atomic mass is 10.1. The number of amides is 2. The van der Waals surface area contributed by atoms with Crippen LogP contribution in [0.4, 0.5) is 5.69 Å². The summed E-state index contributed by atoms with van der Waals surface area (Å²) in [6.45, 7) is 5.75. The molecular formula is C28H32BrN3O4S. The Morgan fingerprint density at radius 3 is 2.27 bits per heavy atom. The van der Waals surface area contributed by atoms with Crippen LogP contribution in [0.1, 0.15) is 31.4 Å². The summed E-state index contributed by atoms with van der Waals surface area (Å²) in [7, 11) is -4.08. The first-order chi connectivity index (χ1) is 17.7. The van der Waals surface area contributed by atoms with E-state index < -0.39 is 28.5 Å². The lowest BCUT2D eigenvalue weighted by Gasteiger charge is -2.33. The van der Waals surface area contributed by atoms with Crippen LogP contribution in [0.15, 0.2) is 88.2 Å². The van der Waals surface area contributed by atoms with Gasteiger partial charge in [0.1, 0.15) is 12.6 Å². The van der Waals surface area contributed by atoms with Crippen molar-refractivity contribution >= 4 is 43.5 Å². The van der Waals surface area contributed by atoms with E-state index in [-0.39, 0.29) is 17.3 Å². The number of hydrogen-bond donors (Lipinski definition) is 1. The lowest BCUT2D eigenvalue weighted by Crippen LogP contribution is -2.52. The van der Waals surface area contributed by atoms with Gasteiger partial charge < -0.3 is 10.2 Å². The summed E-state index contributed by atoms with van der Waals surface area (Å²) in [5.41, 5.74) is 2.22. The first kappa shape index (κ1) is 28.4. The second-order valence-electron chi connectivity index (χ2n) is 8.63. The quantitative estimate of drug-likeness (QED) is 0.347. The van der Waals surface area contributed by atoms with Gasteiger partial charge in [-0.05, 0) is 56.2 Å². The molecule has 0 aliphatic carbocycles. The van der Waals surface area contributed by atoms with Gasteiger partial charge in [0.25, 0.3) is 10.0 Å². The maximum absolute atomic E-state index is 13.9. The van der Waals surface area contributed by atoms with Gasteiger partial charge in [0.15, 0.2) is 0 Å². The summed E-state index contributed by atoms with van der Waals surface area (Å²) in [4.78, 5) is 28.4. The van der Waals surface area contributed by atoms with Crippen LogP contribution in [-0.4, -0.2) is 44.3 Å². The third-order valence-electron chi connectivity index (χ3n) is 5.88. The van der Waals surface area contributed by atoms with Gasteiger partial charge in [0.2, 0.25) is 11.8 Å². The topological polar surface area (TPSA) is 86.8 Å². The molecule has 0 radical (unpaired) electrons. The Balaban J connectivity index is 2.05. The molecule has 1 atom stereocenters. The highest BCUT2D eigenvalue weighted by molar-refractivity contribution is 9.10. The number of carbonyl (C=O) groups is 2. The molecule has 0 bridgehead atoms. The predicted molar refractivity (Wildman–Crippen MR) is 150 cm³/mol. The molecule has 0 saturated carbocycles. The number of carbonyl (C=O) groups excluding carboxylic acids is 2. The summed E-state index contributed by atoms with van der Waals surface area (Å²) in [6, 6.07) is 21.7. The van der Waals surface area contributed by atoms with Crippen LogP contribution in [0.25, 0.3) is 0 Å².